The zero-order chi connectivity index (χ0) is 22.1. The van der Waals surface area contributed by atoms with Crippen molar-refractivity contribution in [3.05, 3.63) is 65.5 Å². The van der Waals surface area contributed by atoms with Gasteiger partial charge in [-0.2, -0.15) is 0 Å². The van der Waals surface area contributed by atoms with Gasteiger partial charge in [0.2, 0.25) is 5.91 Å². The van der Waals surface area contributed by atoms with Crippen LogP contribution < -0.4 is 10.1 Å². The average molecular weight is 415 g/mol. The molecule has 2 aromatic carbocycles. The summed E-state index contributed by atoms with van der Waals surface area (Å²) in [6.45, 7) is 8.34. The van der Waals surface area contributed by atoms with Gasteiger partial charge in [0.1, 0.15) is 6.04 Å². The number of halogens is 1. The van der Waals surface area contributed by atoms with Gasteiger partial charge in [0.15, 0.2) is 18.2 Å². The molecule has 0 saturated heterocycles. The first-order valence-electron chi connectivity index (χ1n) is 10.3. The highest BCUT2D eigenvalue weighted by atomic mass is 19.1. The maximum atomic E-state index is 13.8. The molecule has 0 unspecified atom stereocenters. The molecule has 30 heavy (non-hydrogen) atoms. The molecule has 0 aliphatic heterocycles. The first-order valence-corrected chi connectivity index (χ1v) is 10.3. The number of hydrogen-bond acceptors (Lipinski definition) is 3. The lowest BCUT2D eigenvalue weighted by atomic mass is 10.1. The summed E-state index contributed by atoms with van der Waals surface area (Å²) in [5.74, 6) is -0.782. The molecule has 5 nitrogen and oxygen atoms in total. The van der Waals surface area contributed by atoms with Crippen LogP contribution in [0.25, 0.3) is 0 Å². The van der Waals surface area contributed by atoms with E-state index in [-0.39, 0.29) is 30.7 Å². The molecule has 0 aromatic heterocycles. The molecule has 0 fully saturated rings. The number of para-hydroxylation sites is 1. The third-order valence-electron chi connectivity index (χ3n) is 4.73. The van der Waals surface area contributed by atoms with Crippen LogP contribution in [-0.4, -0.2) is 35.9 Å². The third kappa shape index (κ3) is 6.87. The SMILES string of the molecule is CC[C@H](C(=O)NCC(C)C)N(Cc1ccc(C)cc1)C(=O)COc1ccccc1F. The molecule has 2 amide bonds. The van der Waals surface area contributed by atoms with Crippen LogP contribution in [0.2, 0.25) is 0 Å². The first kappa shape index (κ1) is 23.4. The van der Waals surface area contributed by atoms with Gasteiger partial charge in [-0.25, -0.2) is 4.39 Å². The highest BCUT2D eigenvalue weighted by Crippen LogP contribution is 2.17. The van der Waals surface area contributed by atoms with Gasteiger partial charge in [0.05, 0.1) is 0 Å². The van der Waals surface area contributed by atoms with Gasteiger partial charge < -0.3 is 15.0 Å². The molecule has 0 aliphatic carbocycles. The van der Waals surface area contributed by atoms with E-state index in [9.17, 15) is 14.0 Å². The fourth-order valence-electron chi connectivity index (χ4n) is 3.02. The minimum Gasteiger partial charge on any atom is -0.481 e. The van der Waals surface area contributed by atoms with E-state index >= 15 is 0 Å². The second kappa shape index (κ2) is 11.3. The number of nitrogens with one attached hydrogen (secondary N) is 1. The predicted octanol–water partition coefficient (Wildman–Crippen LogP) is 4.09. The van der Waals surface area contributed by atoms with Gasteiger partial charge >= 0.3 is 0 Å². The lowest BCUT2D eigenvalue weighted by Crippen LogP contribution is -2.50. The number of amides is 2. The number of ether oxygens (including phenoxy) is 1. The molecule has 2 rings (SSSR count). The van der Waals surface area contributed by atoms with Crippen LogP contribution in [0.1, 0.15) is 38.3 Å². The summed E-state index contributed by atoms with van der Waals surface area (Å²) in [4.78, 5) is 27.3. The van der Waals surface area contributed by atoms with E-state index in [0.29, 0.717) is 18.9 Å². The smallest absolute Gasteiger partial charge is 0.261 e. The second-order valence-electron chi connectivity index (χ2n) is 7.79. The van der Waals surface area contributed by atoms with Crippen LogP contribution in [0.5, 0.6) is 5.75 Å². The Balaban J connectivity index is 2.19. The minimum absolute atomic E-state index is 0.0124. The molecule has 0 saturated carbocycles. The maximum absolute atomic E-state index is 13.8. The maximum Gasteiger partial charge on any atom is 0.261 e. The van der Waals surface area contributed by atoms with Crippen molar-refractivity contribution in [2.24, 2.45) is 5.92 Å². The number of rotatable bonds is 10. The Labute approximate surface area is 178 Å². The number of aryl methyl sites for hydroxylation is 1. The molecule has 162 valence electrons. The van der Waals surface area contributed by atoms with E-state index in [0.717, 1.165) is 11.1 Å². The molecular weight excluding hydrogens is 383 g/mol. The number of hydrogen-bond donors (Lipinski definition) is 1. The van der Waals surface area contributed by atoms with Crippen molar-refractivity contribution in [1.29, 1.82) is 0 Å². The largest absolute Gasteiger partial charge is 0.481 e. The molecule has 0 spiro atoms. The van der Waals surface area contributed by atoms with Crippen molar-refractivity contribution in [3.63, 3.8) is 0 Å². The Bertz CT molecular complexity index is 837. The Morgan fingerprint density at radius 1 is 1.10 bits per heavy atom. The van der Waals surface area contributed by atoms with Crippen molar-refractivity contribution in [2.75, 3.05) is 13.2 Å². The molecule has 0 aliphatic rings. The second-order valence-corrected chi connectivity index (χ2v) is 7.79. The van der Waals surface area contributed by atoms with E-state index in [1.807, 2.05) is 52.0 Å². The van der Waals surface area contributed by atoms with Crippen molar-refractivity contribution in [1.82, 2.24) is 10.2 Å². The van der Waals surface area contributed by atoms with Gasteiger partial charge in [0.25, 0.3) is 5.91 Å². The van der Waals surface area contributed by atoms with Crippen LogP contribution in [0, 0.1) is 18.7 Å². The van der Waals surface area contributed by atoms with Crippen molar-refractivity contribution < 1.29 is 18.7 Å². The fourth-order valence-corrected chi connectivity index (χ4v) is 3.02. The monoisotopic (exact) mass is 414 g/mol. The molecule has 0 bridgehead atoms. The summed E-state index contributed by atoms with van der Waals surface area (Å²) in [6.07, 6.45) is 0.460. The van der Waals surface area contributed by atoms with Gasteiger partial charge in [-0.05, 0) is 37.0 Å². The van der Waals surface area contributed by atoms with E-state index in [2.05, 4.69) is 5.32 Å². The van der Waals surface area contributed by atoms with Gasteiger partial charge in [-0.1, -0.05) is 62.7 Å². The number of carbonyl (C=O) groups excluding carboxylic acids is 2. The van der Waals surface area contributed by atoms with Crippen LogP contribution in [-0.2, 0) is 16.1 Å². The number of nitrogens with zero attached hydrogens (tertiary/aromatic N) is 1. The van der Waals surface area contributed by atoms with Crippen LogP contribution in [0.15, 0.2) is 48.5 Å². The van der Waals surface area contributed by atoms with E-state index in [1.165, 1.54) is 17.0 Å². The molecule has 1 atom stereocenters. The zero-order valence-electron chi connectivity index (χ0n) is 18.2. The average Bonchev–Trinajstić information content (AvgIpc) is 2.72. The van der Waals surface area contributed by atoms with Crippen LogP contribution in [0.4, 0.5) is 4.39 Å². The summed E-state index contributed by atoms with van der Waals surface area (Å²) >= 11 is 0. The van der Waals surface area contributed by atoms with E-state index < -0.39 is 11.9 Å². The highest BCUT2D eigenvalue weighted by Gasteiger charge is 2.29. The number of carbonyl (C=O) groups is 2. The fraction of sp³-hybridized carbons (Fsp3) is 0.417. The molecule has 2 aromatic rings. The van der Waals surface area contributed by atoms with Crippen molar-refractivity contribution >= 4 is 11.8 Å². The predicted molar refractivity (Wildman–Crippen MR) is 116 cm³/mol. The molecule has 6 heteroatoms. The third-order valence-corrected chi connectivity index (χ3v) is 4.73. The van der Waals surface area contributed by atoms with Crippen LogP contribution >= 0.6 is 0 Å². The molecular formula is C24H31FN2O3. The topological polar surface area (TPSA) is 58.6 Å². The van der Waals surface area contributed by atoms with Crippen molar-refractivity contribution in [2.45, 2.75) is 46.7 Å². The quantitative estimate of drug-likeness (QED) is 0.637. The number of benzene rings is 2. The summed E-state index contributed by atoms with van der Waals surface area (Å²) in [6, 6.07) is 13.1. The normalized spacial score (nSPS) is 11.8. The standard InChI is InChI=1S/C24H31FN2O3/c1-5-21(24(29)26-14-17(2)3)27(15-19-12-10-18(4)11-13-19)23(28)16-30-22-9-7-6-8-20(22)25/h6-13,17,21H,5,14-16H2,1-4H3,(H,26,29)/t21-/m1/s1. The van der Waals surface area contributed by atoms with E-state index in [1.54, 1.807) is 12.1 Å². The van der Waals surface area contributed by atoms with Crippen LogP contribution in [0.3, 0.4) is 0 Å². The highest BCUT2D eigenvalue weighted by molar-refractivity contribution is 5.88. The molecule has 0 radical (unpaired) electrons. The van der Waals surface area contributed by atoms with Gasteiger partial charge in [-0.15, -0.1) is 0 Å². The summed E-state index contributed by atoms with van der Waals surface area (Å²) in [7, 11) is 0. The summed E-state index contributed by atoms with van der Waals surface area (Å²) in [5.41, 5.74) is 2.02. The zero-order valence-corrected chi connectivity index (χ0v) is 18.2. The Hall–Kier alpha value is -2.89. The summed E-state index contributed by atoms with van der Waals surface area (Å²) < 4.78 is 19.3. The van der Waals surface area contributed by atoms with Gasteiger partial charge in [0, 0.05) is 13.1 Å². The Morgan fingerprint density at radius 3 is 2.37 bits per heavy atom. The van der Waals surface area contributed by atoms with E-state index in [4.69, 9.17) is 4.74 Å². The first-order chi connectivity index (χ1) is 14.3. The summed E-state index contributed by atoms with van der Waals surface area (Å²) in [5, 5.41) is 2.91. The molecule has 0 heterocycles. The lowest BCUT2D eigenvalue weighted by Gasteiger charge is -2.31. The van der Waals surface area contributed by atoms with Crippen molar-refractivity contribution in [3.8, 4) is 5.75 Å². The minimum atomic E-state index is -0.637. The lowest BCUT2D eigenvalue weighted by molar-refractivity contribution is -0.143. The van der Waals surface area contributed by atoms with Gasteiger partial charge in [-0.3, -0.25) is 9.59 Å². The molecule has 1 N–H and O–H groups in total. The Kier molecular flexibility index (Phi) is 8.84. The Morgan fingerprint density at radius 2 is 1.77 bits per heavy atom.